The Balaban J connectivity index is 1.55. The molecule has 0 unspecified atom stereocenters. The van der Waals surface area contributed by atoms with Crippen LogP contribution in [-0.4, -0.2) is 31.7 Å². The number of benzene rings is 2. The molecule has 0 aromatic heterocycles. The lowest BCUT2D eigenvalue weighted by molar-refractivity contribution is -0.116. The van der Waals surface area contributed by atoms with Crippen molar-refractivity contribution in [1.29, 1.82) is 0 Å². The second-order valence-electron chi connectivity index (χ2n) is 6.66. The lowest BCUT2D eigenvalue weighted by atomic mass is 10.1. The average molecular weight is 498 g/mol. The van der Waals surface area contributed by atoms with Crippen LogP contribution in [0, 0.1) is 3.57 Å². The molecule has 1 aliphatic heterocycles. The summed E-state index contributed by atoms with van der Waals surface area (Å²) in [5.41, 5.74) is 1.73. The molecule has 0 aliphatic carbocycles. The number of nitrogens with one attached hydrogen (secondary N) is 1. The molecule has 1 N–H and O–H groups in total. The largest absolute Gasteiger partial charge is 0.326 e. The van der Waals surface area contributed by atoms with Crippen molar-refractivity contribution >= 4 is 44.2 Å². The quantitative estimate of drug-likeness (QED) is 0.612. The fourth-order valence-electron chi connectivity index (χ4n) is 3.10. The third kappa shape index (κ3) is 5.52. The molecule has 0 bridgehead atoms. The molecule has 0 spiro atoms. The first kappa shape index (κ1) is 20.3. The summed E-state index contributed by atoms with van der Waals surface area (Å²) in [5.74, 6) is -0.0544. The van der Waals surface area contributed by atoms with E-state index in [0.29, 0.717) is 30.8 Å². The Labute approximate surface area is 174 Å². The minimum atomic E-state index is -3.40. The molecular weight excluding hydrogens is 475 g/mol. The maximum absolute atomic E-state index is 12.7. The number of piperidine rings is 1. The Hall–Kier alpha value is -1.45. The number of anilines is 1. The summed E-state index contributed by atoms with van der Waals surface area (Å²) >= 11 is 2.22. The van der Waals surface area contributed by atoms with Crippen LogP contribution in [0.5, 0.6) is 0 Å². The molecule has 1 amide bonds. The van der Waals surface area contributed by atoms with E-state index in [1.165, 1.54) is 0 Å². The van der Waals surface area contributed by atoms with Crippen LogP contribution < -0.4 is 5.32 Å². The van der Waals surface area contributed by atoms with E-state index in [4.69, 9.17) is 0 Å². The van der Waals surface area contributed by atoms with Gasteiger partial charge in [-0.1, -0.05) is 18.6 Å². The lowest BCUT2D eigenvalue weighted by Gasteiger charge is -2.25. The van der Waals surface area contributed by atoms with E-state index in [-0.39, 0.29) is 5.91 Å². The van der Waals surface area contributed by atoms with E-state index in [9.17, 15) is 13.2 Å². The zero-order valence-corrected chi connectivity index (χ0v) is 18.0. The fourth-order valence-corrected chi connectivity index (χ4v) is 4.97. The van der Waals surface area contributed by atoms with Crippen molar-refractivity contribution < 1.29 is 13.2 Å². The van der Waals surface area contributed by atoms with Crippen molar-refractivity contribution in [2.75, 3.05) is 18.4 Å². The highest BCUT2D eigenvalue weighted by Crippen LogP contribution is 2.21. The Morgan fingerprint density at radius 2 is 1.59 bits per heavy atom. The van der Waals surface area contributed by atoms with Gasteiger partial charge in [-0.05, 0) is 83.8 Å². The van der Waals surface area contributed by atoms with Gasteiger partial charge in [0, 0.05) is 28.8 Å². The van der Waals surface area contributed by atoms with Crippen molar-refractivity contribution in [3.8, 4) is 0 Å². The predicted octanol–water partition coefficient (Wildman–Crippen LogP) is 4.04. The molecule has 2 aromatic carbocycles. The van der Waals surface area contributed by atoms with E-state index in [1.54, 1.807) is 28.6 Å². The number of nitrogens with zero attached hydrogens (tertiary/aromatic N) is 1. The number of amides is 1. The van der Waals surface area contributed by atoms with Crippen LogP contribution >= 0.6 is 22.6 Å². The van der Waals surface area contributed by atoms with Crippen LogP contribution in [0.2, 0.25) is 0 Å². The zero-order valence-electron chi connectivity index (χ0n) is 15.0. The predicted molar refractivity (Wildman–Crippen MR) is 115 cm³/mol. The van der Waals surface area contributed by atoms with E-state index >= 15 is 0 Å². The molecule has 3 rings (SSSR count). The molecule has 0 radical (unpaired) electrons. The number of aryl methyl sites for hydroxylation is 1. The molecule has 0 saturated carbocycles. The third-order valence-electron chi connectivity index (χ3n) is 4.64. The number of hydrogen-bond acceptors (Lipinski definition) is 3. The summed E-state index contributed by atoms with van der Waals surface area (Å²) in [6, 6.07) is 14.5. The Bertz CT molecular complexity index is 874. The van der Waals surface area contributed by atoms with Gasteiger partial charge in [-0.15, -0.1) is 0 Å². The molecule has 27 heavy (non-hydrogen) atoms. The highest BCUT2D eigenvalue weighted by Gasteiger charge is 2.25. The first-order valence-corrected chi connectivity index (χ1v) is 11.6. The average Bonchev–Trinajstić information content (AvgIpc) is 2.69. The summed E-state index contributed by atoms with van der Waals surface area (Å²) in [6.07, 6.45) is 3.86. The number of carbonyl (C=O) groups excluding carboxylic acids is 1. The number of sulfonamides is 1. The van der Waals surface area contributed by atoms with Gasteiger partial charge in [0.05, 0.1) is 4.90 Å². The number of halogens is 1. The van der Waals surface area contributed by atoms with Crippen LogP contribution in [0.3, 0.4) is 0 Å². The summed E-state index contributed by atoms with van der Waals surface area (Å²) in [6.45, 7) is 1.20. The summed E-state index contributed by atoms with van der Waals surface area (Å²) in [4.78, 5) is 12.4. The Morgan fingerprint density at radius 3 is 2.22 bits per heavy atom. The highest BCUT2D eigenvalue weighted by molar-refractivity contribution is 14.1. The first-order valence-electron chi connectivity index (χ1n) is 9.10. The zero-order chi connectivity index (χ0) is 19.3. The van der Waals surface area contributed by atoms with Crippen molar-refractivity contribution in [1.82, 2.24) is 4.31 Å². The molecule has 1 saturated heterocycles. The molecule has 1 aliphatic rings. The molecular formula is C20H23IN2O3S. The van der Waals surface area contributed by atoms with Gasteiger partial charge >= 0.3 is 0 Å². The van der Waals surface area contributed by atoms with Crippen LogP contribution in [-0.2, 0) is 21.2 Å². The minimum Gasteiger partial charge on any atom is -0.326 e. The van der Waals surface area contributed by atoms with Gasteiger partial charge in [-0.2, -0.15) is 4.31 Å². The number of carbonyl (C=O) groups is 1. The lowest BCUT2D eigenvalue weighted by Crippen LogP contribution is -2.35. The molecule has 144 valence electrons. The van der Waals surface area contributed by atoms with Crippen LogP contribution in [0.1, 0.15) is 31.2 Å². The highest BCUT2D eigenvalue weighted by atomic mass is 127. The molecule has 0 atom stereocenters. The van der Waals surface area contributed by atoms with E-state index < -0.39 is 10.0 Å². The van der Waals surface area contributed by atoms with Crippen LogP contribution in [0.25, 0.3) is 0 Å². The topological polar surface area (TPSA) is 66.5 Å². The van der Waals surface area contributed by atoms with Gasteiger partial charge < -0.3 is 5.32 Å². The molecule has 5 nitrogen and oxygen atoms in total. The van der Waals surface area contributed by atoms with Gasteiger partial charge in [0.2, 0.25) is 15.9 Å². The van der Waals surface area contributed by atoms with Crippen molar-refractivity contribution in [3.05, 3.63) is 57.7 Å². The maximum atomic E-state index is 12.7. The third-order valence-corrected chi connectivity index (χ3v) is 7.28. The van der Waals surface area contributed by atoms with Crippen molar-refractivity contribution in [2.24, 2.45) is 0 Å². The monoisotopic (exact) mass is 498 g/mol. The van der Waals surface area contributed by atoms with Crippen LogP contribution in [0.15, 0.2) is 53.4 Å². The van der Waals surface area contributed by atoms with Crippen LogP contribution in [0.4, 0.5) is 5.69 Å². The minimum absolute atomic E-state index is 0.0544. The van der Waals surface area contributed by atoms with Gasteiger partial charge in [-0.3, -0.25) is 4.79 Å². The standard InChI is InChI=1S/C20H23IN2O3S/c21-17-7-9-18(10-8-17)22-20(24)13-6-16-4-11-19(12-5-16)27(25,26)23-14-2-1-3-15-23/h4-5,7-12H,1-3,6,13-15H2,(H,22,24). The SMILES string of the molecule is O=C(CCc1ccc(S(=O)(=O)N2CCCCC2)cc1)Nc1ccc(I)cc1. The second kappa shape index (κ2) is 9.16. The van der Waals surface area contributed by atoms with Gasteiger partial charge in [0.25, 0.3) is 0 Å². The molecule has 2 aromatic rings. The van der Waals surface area contributed by atoms with E-state index in [1.807, 2.05) is 24.3 Å². The summed E-state index contributed by atoms with van der Waals surface area (Å²) in [5, 5.41) is 2.87. The van der Waals surface area contributed by atoms with Gasteiger partial charge in [0.1, 0.15) is 0 Å². The second-order valence-corrected chi connectivity index (χ2v) is 9.85. The summed E-state index contributed by atoms with van der Waals surface area (Å²) < 4.78 is 28.0. The number of rotatable bonds is 6. The first-order chi connectivity index (χ1) is 12.9. The molecule has 1 heterocycles. The van der Waals surface area contributed by atoms with Gasteiger partial charge in [0.15, 0.2) is 0 Å². The Kier molecular flexibility index (Phi) is 6.88. The smallest absolute Gasteiger partial charge is 0.243 e. The summed E-state index contributed by atoms with van der Waals surface area (Å²) in [7, 11) is -3.40. The Morgan fingerprint density at radius 1 is 0.963 bits per heavy atom. The maximum Gasteiger partial charge on any atom is 0.243 e. The van der Waals surface area contributed by atoms with E-state index in [2.05, 4.69) is 27.9 Å². The molecule has 1 fully saturated rings. The number of hydrogen-bond donors (Lipinski definition) is 1. The van der Waals surface area contributed by atoms with Crippen molar-refractivity contribution in [2.45, 2.75) is 37.0 Å². The molecule has 7 heteroatoms. The van der Waals surface area contributed by atoms with Gasteiger partial charge in [-0.25, -0.2) is 8.42 Å². The van der Waals surface area contributed by atoms with Crippen molar-refractivity contribution in [3.63, 3.8) is 0 Å². The van der Waals surface area contributed by atoms with E-state index in [0.717, 1.165) is 34.1 Å². The fraction of sp³-hybridized carbons (Fsp3) is 0.350. The normalized spacial score (nSPS) is 15.4.